The van der Waals surface area contributed by atoms with E-state index in [0.717, 1.165) is 0 Å². The van der Waals surface area contributed by atoms with E-state index in [1.165, 1.54) is 19.3 Å². The van der Waals surface area contributed by atoms with Gasteiger partial charge in [0.1, 0.15) is 0 Å². The third kappa shape index (κ3) is 3.07. The van der Waals surface area contributed by atoms with Crippen LogP contribution in [-0.4, -0.2) is 0 Å². The van der Waals surface area contributed by atoms with Crippen LogP contribution >= 0.6 is 0 Å². The quantitative estimate of drug-likeness (QED) is 0.688. The van der Waals surface area contributed by atoms with Crippen LogP contribution < -0.4 is 0 Å². The second-order valence-electron chi connectivity index (χ2n) is 3.21. The molecule has 1 aliphatic carbocycles. The summed E-state index contributed by atoms with van der Waals surface area (Å²) in [6.45, 7) is 2.29. The second kappa shape index (κ2) is 5.09. The molecule has 0 nitrogen and oxygen atoms in total. The molecule has 61 valence electrons. The summed E-state index contributed by atoms with van der Waals surface area (Å²) in [7, 11) is 0. The normalized spacial score (nSPS) is 15.3. The molecule has 0 heterocycles. The Hall–Kier alpha value is 0.363. The van der Waals surface area contributed by atoms with E-state index in [-0.39, 0.29) is 0 Å². The van der Waals surface area contributed by atoms with E-state index in [4.69, 9.17) is 0 Å². The van der Waals surface area contributed by atoms with Crippen molar-refractivity contribution in [3.63, 3.8) is 0 Å². The van der Waals surface area contributed by atoms with Gasteiger partial charge in [0.05, 0.1) is 0 Å². The summed E-state index contributed by atoms with van der Waals surface area (Å²) >= 11 is -1.01. The average molecular weight is 228 g/mol. The summed E-state index contributed by atoms with van der Waals surface area (Å²) in [5.74, 6) is 0. The van der Waals surface area contributed by atoms with Gasteiger partial charge in [-0.15, -0.1) is 0 Å². The van der Waals surface area contributed by atoms with Gasteiger partial charge in [-0.3, -0.25) is 0 Å². The first-order valence-corrected chi connectivity index (χ1v) is 9.95. The van der Waals surface area contributed by atoms with Gasteiger partial charge in [0.2, 0.25) is 0 Å². The fraction of sp³-hybridized carbons (Fsp3) is 0.600. The summed E-state index contributed by atoms with van der Waals surface area (Å²) in [6.07, 6.45) is 11.0. The van der Waals surface area contributed by atoms with Crippen molar-refractivity contribution in [3.05, 3.63) is 21.5 Å². The van der Waals surface area contributed by atoms with Gasteiger partial charge in [0.25, 0.3) is 0 Å². The van der Waals surface area contributed by atoms with Crippen LogP contribution in [0.1, 0.15) is 26.2 Å². The van der Waals surface area contributed by atoms with Crippen molar-refractivity contribution in [1.82, 2.24) is 0 Å². The average Bonchev–Trinajstić information content (AvgIpc) is 2.52. The van der Waals surface area contributed by atoms with Crippen LogP contribution in [0.25, 0.3) is 0 Å². The Morgan fingerprint density at radius 1 is 1.55 bits per heavy atom. The minimum atomic E-state index is -1.01. The molecule has 0 spiro atoms. The van der Waals surface area contributed by atoms with Crippen molar-refractivity contribution in [3.8, 4) is 0 Å². The molecule has 0 aromatic rings. The van der Waals surface area contributed by atoms with Crippen LogP contribution in [0.5, 0.6) is 0 Å². The SMILES string of the molecule is CCC[CH2][Zr]([CH3])[C]1=CC=CC1. The first kappa shape index (κ1) is 9.45. The van der Waals surface area contributed by atoms with Crippen molar-refractivity contribution < 1.29 is 21.8 Å². The zero-order chi connectivity index (χ0) is 8.10. The molecule has 0 fully saturated rings. The molecule has 0 aliphatic heterocycles. The van der Waals surface area contributed by atoms with Gasteiger partial charge in [-0.1, -0.05) is 0 Å². The van der Waals surface area contributed by atoms with E-state index in [1.807, 2.05) is 3.28 Å². The maximum atomic E-state index is 2.54. The van der Waals surface area contributed by atoms with Crippen molar-refractivity contribution in [2.24, 2.45) is 0 Å². The maximum absolute atomic E-state index is 2.54. The number of unbranched alkanes of at least 4 members (excludes halogenated alkanes) is 1. The van der Waals surface area contributed by atoms with Crippen LogP contribution in [0, 0.1) is 0 Å². The summed E-state index contributed by atoms with van der Waals surface area (Å²) in [5, 5.41) is 0. The topological polar surface area (TPSA) is 0 Å². The van der Waals surface area contributed by atoms with Gasteiger partial charge in [0, 0.05) is 0 Å². The van der Waals surface area contributed by atoms with Gasteiger partial charge in [-0.2, -0.15) is 0 Å². The van der Waals surface area contributed by atoms with E-state index in [9.17, 15) is 0 Å². The first-order chi connectivity index (χ1) is 5.34. The molecule has 0 radical (unpaired) electrons. The standard InChI is InChI=1S/C5H5.C4H9.CH3.Zr/c1-2-4-5-3-1;1-3-4-2;;/h1-3H,4H2;1,3-4H2,2H3;1H3;. The van der Waals surface area contributed by atoms with Gasteiger partial charge < -0.3 is 0 Å². The summed E-state index contributed by atoms with van der Waals surface area (Å²) in [5.41, 5.74) is 0. The van der Waals surface area contributed by atoms with Crippen LogP contribution in [0.3, 0.4) is 0 Å². The van der Waals surface area contributed by atoms with Crippen LogP contribution in [0.2, 0.25) is 8.76 Å². The third-order valence-corrected chi connectivity index (χ3v) is 8.54. The fourth-order valence-electron chi connectivity index (χ4n) is 1.37. The molecule has 0 saturated heterocycles. The van der Waals surface area contributed by atoms with E-state index in [0.29, 0.717) is 0 Å². The Morgan fingerprint density at radius 3 is 2.91 bits per heavy atom. The van der Waals surface area contributed by atoms with Gasteiger partial charge in [-0.05, 0) is 0 Å². The van der Waals surface area contributed by atoms with E-state index >= 15 is 0 Å². The van der Waals surface area contributed by atoms with Crippen molar-refractivity contribution in [1.29, 1.82) is 0 Å². The van der Waals surface area contributed by atoms with Gasteiger partial charge in [0.15, 0.2) is 0 Å². The first-order valence-electron chi connectivity index (χ1n) is 4.53. The molecule has 1 rings (SSSR count). The molecule has 0 N–H and O–H groups in total. The minimum absolute atomic E-state index is 1.01. The Labute approximate surface area is 78.1 Å². The molecule has 0 unspecified atom stereocenters. The molecule has 0 aromatic carbocycles. The van der Waals surface area contributed by atoms with E-state index in [2.05, 4.69) is 29.8 Å². The second-order valence-corrected chi connectivity index (χ2v) is 9.85. The van der Waals surface area contributed by atoms with E-state index in [1.54, 1.807) is 4.13 Å². The fourth-order valence-corrected chi connectivity index (χ4v) is 6.41. The van der Waals surface area contributed by atoms with Crippen LogP contribution in [-0.2, 0) is 21.8 Å². The van der Waals surface area contributed by atoms with Crippen molar-refractivity contribution in [2.75, 3.05) is 0 Å². The molecule has 0 amide bonds. The van der Waals surface area contributed by atoms with Crippen molar-refractivity contribution >= 4 is 0 Å². The zero-order valence-electron chi connectivity index (χ0n) is 7.56. The van der Waals surface area contributed by atoms with Gasteiger partial charge in [-0.25, -0.2) is 0 Å². The number of allylic oxidation sites excluding steroid dienone is 4. The molecule has 1 heteroatoms. The molecule has 11 heavy (non-hydrogen) atoms. The molecule has 0 saturated carbocycles. The number of hydrogen-bond acceptors (Lipinski definition) is 0. The monoisotopic (exact) mass is 227 g/mol. The Bertz CT molecular complexity index is 168. The molecular weight excluding hydrogens is 211 g/mol. The Kier molecular flexibility index (Phi) is 4.37. The van der Waals surface area contributed by atoms with Crippen LogP contribution in [0.15, 0.2) is 21.5 Å². The Morgan fingerprint density at radius 2 is 2.36 bits per heavy atom. The molecular formula is C10H17Zr. The molecule has 0 bridgehead atoms. The van der Waals surface area contributed by atoms with Crippen molar-refractivity contribution in [2.45, 2.75) is 34.9 Å². The predicted molar refractivity (Wildman–Crippen MR) is 47.4 cm³/mol. The van der Waals surface area contributed by atoms with E-state index < -0.39 is 21.8 Å². The van der Waals surface area contributed by atoms with Crippen LogP contribution in [0.4, 0.5) is 0 Å². The predicted octanol–water partition coefficient (Wildman–Crippen LogP) is 3.71. The zero-order valence-corrected chi connectivity index (χ0v) is 10.0. The number of rotatable bonds is 4. The summed E-state index contributed by atoms with van der Waals surface area (Å²) in [6, 6.07) is 0. The third-order valence-electron chi connectivity index (χ3n) is 2.22. The molecule has 0 atom stereocenters. The van der Waals surface area contributed by atoms with Gasteiger partial charge >= 0.3 is 78.2 Å². The molecule has 0 aromatic heterocycles. The summed E-state index contributed by atoms with van der Waals surface area (Å²) in [4.78, 5) is 0. The summed E-state index contributed by atoms with van der Waals surface area (Å²) < 4.78 is 5.92. The Balaban J connectivity index is 2.24. The number of hydrogen-bond donors (Lipinski definition) is 0. The molecule has 1 aliphatic rings.